The molecule has 2 rings (SSSR count). The Kier molecular flexibility index (Phi) is 5.80. The quantitative estimate of drug-likeness (QED) is 0.901. The zero-order valence-electron chi connectivity index (χ0n) is 13.6. The van der Waals surface area contributed by atoms with Gasteiger partial charge in [0.2, 0.25) is 0 Å². The summed E-state index contributed by atoms with van der Waals surface area (Å²) in [5.74, 6) is 0.186. The molecular formula is C18H28N2O. The van der Waals surface area contributed by atoms with Crippen LogP contribution in [0, 0.1) is 13.8 Å². The Balaban J connectivity index is 2.12. The van der Waals surface area contributed by atoms with Gasteiger partial charge in [-0.25, -0.2) is 0 Å². The Morgan fingerprint density at radius 2 is 2.14 bits per heavy atom. The van der Waals surface area contributed by atoms with Crippen molar-refractivity contribution in [1.82, 2.24) is 10.2 Å². The first kappa shape index (κ1) is 16.0. The Hall–Kier alpha value is -1.35. The van der Waals surface area contributed by atoms with Crippen LogP contribution >= 0.6 is 0 Å². The number of hydrogen-bond donors (Lipinski definition) is 1. The van der Waals surface area contributed by atoms with Gasteiger partial charge in [0.05, 0.1) is 0 Å². The van der Waals surface area contributed by atoms with Gasteiger partial charge < -0.3 is 10.2 Å². The summed E-state index contributed by atoms with van der Waals surface area (Å²) in [6, 6.07) is 6.60. The molecule has 0 saturated carbocycles. The standard InChI is InChI=1S/C18H28N2O/c1-4-11-20(13-16-7-5-6-10-19-16)18(21)17-12-14(2)8-9-15(17)3/h8-9,12,16,19H,4-7,10-11,13H2,1-3H3. The lowest BCUT2D eigenvalue weighted by molar-refractivity contribution is 0.0731. The van der Waals surface area contributed by atoms with Crippen LogP contribution in [0.25, 0.3) is 0 Å². The summed E-state index contributed by atoms with van der Waals surface area (Å²) in [6.45, 7) is 8.96. The average Bonchev–Trinajstić information content (AvgIpc) is 2.49. The third-order valence-corrected chi connectivity index (χ3v) is 4.26. The van der Waals surface area contributed by atoms with Gasteiger partial charge in [-0.1, -0.05) is 31.0 Å². The zero-order chi connectivity index (χ0) is 15.2. The number of carbonyl (C=O) groups is 1. The number of hydrogen-bond acceptors (Lipinski definition) is 2. The number of carbonyl (C=O) groups excluding carboxylic acids is 1. The van der Waals surface area contributed by atoms with Crippen LogP contribution < -0.4 is 5.32 Å². The molecular weight excluding hydrogens is 260 g/mol. The normalized spacial score (nSPS) is 18.5. The topological polar surface area (TPSA) is 32.3 Å². The second kappa shape index (κ2) is 7.60. The van der Waals surface area contributed by atoms with Crippen LogP contribution in [0.4, 0.5) is 0 Å². The maximum atomic E-state index is 12.9. The highest BCUT2D eigenvalue weighted by Crippen LogP contribution is 2.16. The Labute approximate surface area is 128 Å². The number of aryl methyl sites for hydroxylation is 2. The molecule has 116 valence electrons. The van der Waals surface area contributed by atoms with Gasteiger partial charge in [-0.05, 0) is 51.3 Å². The minimum atomic E-state index is 0.186. The van der Waals surface area contributed by atoms with E-state index < -0.39 is 0 Å². The summed E-state index contributed by atoms with van der Waals surface area (Å²) in [5, 5.41) is 3.55. The molecule has 0 aliphatic carbocycles. The molecule has 1 heterocycles. The van der Waals surface area contributed by atoms with Crippen LogP contribution in [0.5, 0.6) is 0 Å². The summed E-state index contributed by atoms with van der Waals surface area (Å²) in [4.78, 5) is 14.9. The minimum Gasteiger partial charge on any atom is -0.337 e. The van der Waals surface area contributed by atoms with E-state index in [4.69, 9.17) is 0 Å². The predicted molar refractivity (Wildman–Crippen MR) is 87.8 cm³/mol. The van der Waals surface area contributed by atoms with Crippen LogP contribution in [0.1, 0.15) is 54.1 Å². The molecule has 0 spiro atoms. The molecule has 0 aromatic heterocycles. The molecule has 0 bridgehead atoms. The molecule has 3 heteroatoms. The maximum absolute atomic E-state index is 12.9. The fourth-order valence-corrected chi connectivity index (χ4v) is 3.03. The Morgan fingerprint density at radius 3 is 2.81 bits per heavy atom. The van der Waals surface area contributed by atoms with E-state index in [9.17, 15) is 4.79 Å². The van der Waals surface area contributed by atoms with Crippen molar-refractivity contribution in [3.05, 3.63) is 34.9 Å². The highest BCUT2D eigenvalue weighted by molar-refractivity contribution is 5.95. The number of rotatable bonds is 5. The van der Waals surface area contributed by atoms with Crippen molar-refractivity contribution in [2.75, 3.05) is 19.6 Å². The van der Waals surface area contributed by atoms with Crippen LogP contribution in [0.15, 0.2) is 18.2 Å². The van der Waals surface area contributed by atoms with Crippen molar-refractivity contribution in [3.63, 3.8) is 0 Å². The fraction of sp³-hybridized carbons (Fsp3) is 0.611. The first-order valence-electron chi connectivity index (χ1n) is 8.21. The molecule has 1 saturated heterocycles. The average molecular weight is 288 g/mol. The highest BCUT2D eigenvalue weighted by Gasteiger charge is 2.22. The first-order valence-corrected chi connectivity index (χ1v) is 8.21. The van der Waals surface area contributed by atoms with Gasteiger partial charge in [0, 0.05) is 24.7 Å². The molecule has 1 amide bonds. The van der Waals surface area contributed by atoms with Crippen LogP contribution in [-0.2, 0) is 0 Å². The van der Waals surface area contributed by atoms with E-state index in [1.54, 1.807) is 0 Å². The third kappa shape index (κ3) is 4.31. The largest absolute Gasteiger partial charge is 0.337 e. The van der Waals surface area contributed by atoms with E-state index >= 15 is 0 Å². The van der Waals surface area contributed by atoms with Crippen molar-refractivity contribution >= 4 is 5.91 Å². The van der Waals surface area contributed by atoms with Crippen molar-refractivity contribution in [2.45, 2.75) is 52.5 Å². The maximum Gasteiger partial charge on any atom is 0.254 e. The van der Waals surface area contributed by atoms with Crippen LogP contribution in [-0.4, -0.2) is 36.5 Å². The van der Waals surface area contributed by atoms with Gasteiger partial charge in [0.15, 0.2) is 0 Å². The van der Waals surface area contributed by atoms with E-state index in [-0.39, 0.29) is 5.91 Å². The SMILES string of the molecule is CCCN(CC1CCCCN1)C(=O)c1cc(C)ccc1C. The second-order valence-corrected chi connectivity index (χ2v) is 6.22. The van der Waals surface area contributed by atoms with E-state index in [2.05, 4.69) is 18.3 Å². The van der Waals surface area contributed by atoms with Gasteiger partial charge in [-0.3, -0.25) is 4.79 Å². The van der Waals surface area contributed by atoms with Gasteiger partial charge in [-0.15, -0.1) is 0 Å². The van der Waals surface area contributed by atoms with Crippen molar-refractivity contribution in [2.24, 2.45) is 0 Å². The molecule has 0 radical (unpaired) electrons. The van der Waals surface area contributed by atoms with Crippen LogP contribution in [0.2, 0.25) is 0 Å². The monoisotopic (exact) mass is 288 g/mol. The van der Waals surface area contributed by atoms with Crippen LogP contribution in [0.3, 0.4) is 0 Å². The summed E-state index contributed by atoms with van der Waals surface area (Å²) < 4.78 is 0. The summed E-state index contributed by atoms with van der Waals surface area (Å²) in [6.07, 6.45) is 4.72. The minimum absolute atomic E-state index is 0.186. The molecule has 1 fully saturated rings. The first-order chi connectivity index (χ1) is 10.1. The molecule has 1 N–H and O–H groups in total. The molecule has 3 nitrogen and oxygen atoms in total. The van der Waals surface area contributed by atoms with E-state index in [1.807, 2.05) is 30.9 Å². The molecule has 1 aliphatic rings. The predicted octanol–water partition coefficient (Wildman–Crippen LogP) is 3.30. The van der Waals surface area contributed by atoms with Gasteiger partial charge >= 0.3 is 0 Å². The fourth-order valence-electron chi connectivity index (χ4n) is 3.03. The Bertz CT molecular complexity index is 478. The Morgan fingerprint density at radius 1 is 1.33 bits per heavy atom. The molecule has 21 heavy (non-hydrogen) atoms. The number of nitrogens with zero attached hydrogens (tertiary/aromatic N) is 1. The summed E-state index contributed by atoms with van der Waals surface area (Å²) in [7, 11) is 0. The number of benzene rings is 1. The van der Waals surface area contributed by atoms with E-state index in [1.165, 1.54) is 19.3 Å². The highest BCUT2D eigenvalue weighted by atomic mass is 16.2. The van der Waals surface area contributed by atoms with E-state index in [0.29, 0.717) is 6.04 Å². The molecule has 1 atom stereocenters. The summed E-state index contributed by atoms with van der Waals surface area (Å²) in [5.41, 5.74) is 3.08. The smallest absolute Gasteiger partial charge is 0.254 e. The molecule has 1 unspecified atom stereocenters. The number of nitrogens with one attached hydrogen (secondary N) is 1. The van der Waals surface area contributed by atoms with Gasteiger partial charge in [0.1, 0.15) is 0 Å². The zero-order valence-corrected chi connectivity index (χ0v) is 13.6. The van der Waals surface area contributed by atoms with Crippen molar-refractivity contribution in [3.8, 4) is 0 Å². The lowest BCUT2D eigenvalue weighted by Crippen LogP contribution is -2.46. The van der Waals surface area contributed by atoms with Crippen molar-refractivity contribution in [1.29, 1.82) is 0 Å². The van der Waals surface area contributed by atoms with Crippen molar-refractivity contribution < 1.29 is 4.79 Å². The third-order valence-electron chi connectivity index (χ3n) is 4.26. The summed E-state index contributed by atoms with van der Waals surface area (Å²) >= 11 is 0. The molecule has 1 aromatic carbocycles. The second-order valence-electron chi connectivity index (χ2n) is 6.22. The lowest BCUT2D eigenvalue weighted by atomic mass is 10.0. The molecule has 1 aromatic rings. The molecule has 1 aliphatic heterocycles. The van der Waals surface area contributed by atoms with E-state index in [0.717, 1.165) is 42.7 Å². The number of piperidine rings is 1. The number of amides is 1. The van der Waals surface area contributed by atoms with Gasteiger partial charge in [-0.2, -0.15) is 0 Å². The van der Waals surface area contributed by atoms with Gasteiger partial charge in [0.25, 0.3) is 5.91 Å². The lowest BCUT2D eigenvalue weighted by Gasteiger charge is -2.31.